The van der Waals surface area contributed by atoms with E-state index in [0.29, 0.717) is 22.5 Å². The molecular weight excluding hydrogens is 324 g/mol. The van der Waals surface area contributed by atoms with Crippen molar-refractivity contribution in [2.75, 3.05) is 0 Å². The molecule has 4 heteroatoms. The van der Waals surface area contributed by atoms with Gasteiger partial charge in [-0.1, -0.05) is 47.5 Å². The maximum atomic E-state index is 12.7. The second-order valence-corrected chi connectivity index (χ2v) is 7.04. The van der Waals surface area contributed by atoms with Crippen LogP contribution in [0.15, 0.2) is 47.5 Å². The Labute approximate surface area is 152 Å². The second kappa shape index (κ2) is 5.70. The Morgan fingerprint density at radius 3 is 1.35 bits per heavy atom. The molecule has 130 valence electrons. The van der Waals surface area contributed by atoms with Gasteiger partial charge in [0.25, 0.3) is 11.8 Å². The Morgan fingerprint density at radius 1 is 0.615 bits per heavy atom. The van der Waals surface area contributed by atoms with Crippen LogP contribution in [0.5, 0.6) is 0 Å². The molecule has 0 radical (unpaired) electrons. The minimum atomic E-state index is -0.233. The molecule has 2 aliphatic rings. The van der Waals surface area contributed by atoms with Gasteiger partial charge in [0.05, 0.1) is 22.5 Å². The van der Waals surface area contributed by atoms with Gasteiger partial charge < -0.3 is 10.6 Å². The quantitative estimate of drug-likeness (QED) is 0.878. The zero-order chi connectivity index (χ0) is 18.6. The van der Waals surface area contributed by atoms with Gasteiger partial charge in [0.15, 0.2) is 0 Å². The summed E-state index contributed by atoms with van der Waals surface area (Å²) >= 11 is 0. The average Bonchev–Trinajstić information content (AvgIpc) is 3.07. The normalized spacial score (nSPS) is 16.2. The number of fused-ring (bicyclic) bond motifs is 1. The lowest BCUT2D eigenvalue weighted by Crippen LogP contribution is -2.22. The highest BCUT2D eigenvalue weighted by molar-refractivity contribution is 6.30. The Hall–Kier alpha value is -3.14. The highest BCUT2D eigenvalue weighted by Crippen LogP contribution is 2.38. The summed E-state index contributed by atoms with van der Waals surface area (Å²) in [5.74, 6) is -0.466. The smallest absolute Gasteiger partial charge is 0.258 e. The van der Waals surface area contributed by atoms with Crippen molar-refractivity contribution in [3.63, 3.8) is 0 Å². The highest BCUT2D eigenvalue weighted by atomic mass is 16.2. The summed E-state index contributed by atoms with van der Waals surface area (Å²) in [5.41, 5.74) is 8.18. The molecule has 2 aliphatic heterocycles. The van der Waals surface area contributed by atoms with Crippen LogP contribution in [0.2, 0.25) is 0 Å². The number of carbonyl (C=O) groups excluding carboxylic acids is 2. The standard InChI is InChI=1S/C22H20N2O2/c1-11-5-7-15(13(3)9-11)19-17-18(22(26)23-19)20(24-21(17)25)16-8-6-12(2)10-14(16)4/h5-10H,1-4H3,(H,23,26)(H,24,25). The van der Waals surface area contributed by atoms with Crippen molar-refractivity contribution in [1.29, 1.82) is 0 Å². The molecule has 0 bridgehead atoms. The lowest BCUT2D eigenvalue weighted by atomic mass is 9.97. The van der Waals surface area contributed by atoms with Crippen LogP contribution in [0, 0.1) is 27.7 Å². The Balaban J connectivity index is 1.94. The molecule has 26 heavy (non-hydrogen) atoms. The Morgan fingerprint density at radius 2 is 1.00 bits per heavy atom. The molecule has 2 amide bonds. The van der Waals surface area contributed by atoms with E-state index in [-0.39, 0.29) is 11.8 Å². The van der Waals surface area contributed by atoms with Crippen molar-refractivity contribution in [1.82, 2.24) is 10.6 Å². The van der Waals surface area contributed by atoms with Gasteiger partial charge in [-0.05, 0) is 38.8 Å². The molecule has 2 N–H and O–H groups in total. The zero-order valence-electron chi connectivity index (χ0n) is 15.3. The van der Waals surface area contributed by atoms with E-state index in [1.165, 1.54) is 0 Å². The van der Waals surface area contributed by atoms with Crippen molar-refractivity contribution in [3.8, 4) is 0 Å². The van der Waals surface area contributed by atoms with E-state index in [2.05, 4.69) is 22.8 Å². The summed E-state index contributed by atoms with van der Waals surface area (Å²) in [5, 5.41) is 5.83. The predicted molar refractivity (Wildman–Crippen MR) is 102 cm³/mol. The van der Waals surface area contributed by atoms with Gasteiger partial charge in [-0.25, -0.2) is 0 Å². The molecule has 2 heterocycles. The minimum Gasteiger partial charge on any atom is -0.321 e. The van der Waals surface area contributed by atoms with E-state index < -0.39 is 0 Å². The van der Waals surface area contributed by atoms with Crippen LogP contribution in [0.3, 0.4) is 0 Å². The number of hydrogen-bond acceptors (Lipinski definition) is 2. The van der Waals surface area contributed by atoms with Crippen molar-refractivity contribution >= 4 is 23.2 Å². The maximum Gasteiger partial charge on any atom is 0.258 e. The summed E-state index contributed by atoms with van der Waals surface area (Å²) in [7, 11) is 0. The van der Waals surface area contributed by atoms with Gasteiger partial charge in [0.1, 0.15) is 0 Å². The molecule has 0 aliphatic carbocycles. The van der Waals surface area contributed by atoms with Crippen molar-refractivity contribution in [2.45, 2.75) is 27.7 Å². The van der Waals surface area contributed by atoms with Crippen LogP contribution in [0.4, 0.5) is 0 Å². The van der Waals surface area contributed by atoms with E-state index in [4.69, 9.17) is 0 Å². The number of rotatable bonds is 2. The Bertz CT molecular complexity index is 972. The van der Waals surface area contributed by atoms with E-state index in [0.717, 1.165) is 33.4 Å². The topological polar surface area (TPSA) is 58.2 Å². The third-order valence-electron chi connectivity index (χ3n) is 4.98. The van der Waals surface area contributed by atoms with Crippen LogP contribution in [0.1, 0.15) is 33.4 Å². The fourth-order valence-electron chi connectivity index (χ4n) is 3.77. The fourth-order valence-corrected chi connectivity index (χ4v) is 3.77. The SMILES string of the molecule is Cc1ccc(C2=C3C(=O)NC(c4ccc(C)cc4C)=C3C(=O)N2)c(C)c1. The van der Waals surface area contributed by atoms with Crippen LogP contribution in [-0.2, 0) is 9.59 Å². The van der Waals surface area contributed by atoms with E-state index in [1.807, 2.05) is 52.0 Å². The molecule has 2 aromatic carbocycles. The zero-order valence-corrected chi connectivity index (χ0v) is 15.3. The molecular formula is C22H20N2O2. The van der Waals surface area contributed by atoms with Crippen LogP contribution >= 0.6 is 0 Å². The maximum absolute atomic E-state index is 12.7. The fraction of sp³-hybridized carbons (Fsp3) is 0.182. The molecule has 4 nitrogen and oxygen atoms in total. The molecule has 0 fully saturated rings. The first kappa shape index (κ1) is 16.3. The summed E-state index contributed by atoms with van der Waals surface area (Å²) < 4.78 is 0. The molecule has 4 rings (SSSR count). The molecule has 0 saturated carbocycles. The van der Waals surface area contributed by atoms with Gasteiger partial charge in [0.2, 0.25) is 0 Å². The third-order valence-corrected chi connectivity index (χ3v) is 4.98. The summed E-state index contributed by atoms with van der Waals surface area (Å²) in [6, 6.07) is 12.0. The molecule has 0 spiro atoms. The lowest BCUT2D eigenvalue weighted by Gasteiger charge is -2.11. The number of nitrogens with one attached hydrogen (secondary N) is 2. The first-order valence-corrected chi connectivity index (χ1v) is 8.63. The number of benzene rings is 2. The van der Waals surface area contributed by atoms with Gasteiger partial charge in [-0.2, -0.15) is 0 Å². The lowest BCUT2D eigenvalue weighted by molar-refractivity contribution is -0.117. The van der Waals surface area contributed by atoms with Crippen molar-refractivity contribution < 1.29 is 9.59 Å². The van der Waals surface area contributed by atoms with Gasteiger partial charge in [0, 0.05) is 11.1 Å². The van der Waals surface area contributed by atoms with E-state index in [9.17, 15) is 9.59 Å². The molecule has 0 aromatic heterocycles. The largest absolute Gasteiger partial charge is 0.321 e. The second-order valence-electron chi connectivity index (χ2n) is 7.04. The molecule has 0 unspecified atom stereocenters. The number of hydrogen-bond donors (Lipinski definition) is 2. The van der Waals surface area contributed by atoms with Gasteiger partial charge in [-0.3, -0.25) is 9.59 Å². The summed E-state index contributed by atoms with van der Waals surface area (Å²) in [6.45, 7) is 8.02. The van der Waals surface area contributed by atoms with Gasteiger partial charge >= 0.3 is 0 Å². The third kappa shape index (κ3) is 2.37. The molecule has 0 atom stereocenters. The number of amides is 2. The monoisotopic (exact) mass is 344 g/mol. The van der Waals surface area contributed by atoms with Crippen LogP contribution in [-0.4, -0.2) is 11.8 Å². The van der Waals surface area contributed by atoms with E-state index in [1.54, 1.807) is 0 Å². The average molecular weight is 344 g/mol. The summed E-state index contributed by atoms with van der Waals surface area (Å²) in [4.78, 5) is 25.4. The first-order chi connectivity index (χ1) is 12.4. The molecule has 2 aromatic rings. The van der Waals surface area contributed by atoms with Crippen LogP contribution in [0.25, 0.3) is 11.4 Å². The van der Waals surface area contributed by atoms with Crippen molar-refractivity contribution in [2.24, 2.45) is 0 Å². The molecule has 0 saturated heterocycles. The van der Waals surface area contributed by atoms with Crippen LogP contribution < -0.4 is 10.6 Å². The van der Waals surface area contributed by atoms with Gasteiger partial charge in [-0.15, -0.1) is 0 Å². The first-order valence-electron chi connectivity index (χ1n) is 8.63. The summed E-state index contributed by atoms with van der Waals surface area (Å²) in [6.07, 6.45) is 0. The Kier molecular flexibility index (Phi) is 3.58. The van der Waals surface area contributed by atoms with Crippen molar-refractivity contribution in [3.05, 3.63) is 80.9 Å². The number of aryl methyl sites for hydroxylation is 4. The van der Waals surface area contributed by atoms with E-state index >= 15 is 0 Å². The highest BCUT2D eigenvalue weighted by Gasteiger charge is 2.41. The predicted octanol–water partition coefficient (Wildman–Crippen LogP) is 3.30. The minimum absolute atomic E-state index is 0.233. The number of carbonyl (C=O) groups is 2.